The molecule has 0 heterocycles. The minimum absolute atomic E-state index is 0.430. The molecule has 0 aliphatic carbocycles. The second kappa shape index (κ2) is 10.3. The van der Waals surface area contributed by atoms with Crippen LogP contribution >= 0.6 is 50.2 Å². The van der Waals surface area contributed by atoms with E-state index >= 15 is 0 Å². The summed E-state index contributed by atoms with van der Waals surface area (Å²) in [6.07, 6.45) is 0. The quantitative estimate of drug-likeness (QED) is 0.451. The molecule has 0 bridgehead atoms. The third kappa shape index (κ3) is 18.8. The van der Waals surface area contributed by atoms with E-state index in [1.807, 2.05) is 0 Å². The molecule has 0 amide bonds. The molecule has 0 rings (SSSR count). The van der Waals surface area contributed by atoms with Gasteiger partial charge in [0, 0.05) is 5.54 Å². The molecule has 0 atom stereocenters. The third-order valence-corrected chi connectivity index (χ3v) is 1.01. The first-order valence-corrected chi connectivity index (χ1v) is 5.89. The van der Waals surface area contributed by atoms with Gasteiger partial charge in [-0.1, -0.05) is 23.2 Å². The molecule has 0 aromatic heterocycles. The zero-order chi connectivity index (χ0) is 6.28. The van der Waals surface area contributed by atoms with Crippen LogP contribution in [0.1, 0.15) is 0 Å². The first-order chi connectivity index (χ1) is 3.27. The summed E-state index contributed by atoms with van der Waals surface area (Å²) in [7, 11) is 0.778. The fourth-order valence-corrected chi connectivity index (χ4v) is 0. The lowest BCUT2D eigenvalue weighted by Crippen LogP contribution is -1.32. The minimum atomic E-state index is 0.430. The van der Waals surface area contributed by atoms with Crippen LogP contribution < -0.4 is 0 Å². The van der Waals surface area contributed by atoms with Gasteiger partial charge in [-0.2, -0.15) is 11.1 Å². The Morgan fingerprint density at radius 2 is 1.71 bits per heavy atom. The van der Waals surface area contributed by atoms with E-state index in [1.54, 1.807) is 0 Å². The van der Waals surface area contributed by atoms with Crippen molar-refractivity contribution in [2.75, 3.05) is 0 Å². The van der Waals surface area contributed by atoms with Crippen LogP contribution in [-0.2, 0) is 0 Å². The molecule has 0 aromatic rings. The average Bonchev–Trinajstić information content (AvgIpc) is 1.73. The lowest BCUT2D eigenvalue weighted by Gasteiger charge is -1.65. The Bertz CT molecular complexity index is 50.9. The van der Waals surface area contributed by atoms with Crippen molar-refractivity contribution in [3.05, 3.63) is 9.48 Å². The first kappa shape index (κ1) is 11.1. The largest absolute Gasteiger partial charge is 0.181 e. The second-order valence-electron chi connectivity index (χ2n) is 0.399. The van der Waals surface area contributed by atoms with Gasteiger partial charge in [-0.15, -0.1) is 0 Å². The van der Waals surface area contributed by atoms with Crippen LogP contribution in [0.4, 0.5) is 0 Å². The molecular weight excluding hydrogens is 238 g/mol. The molecule has 0 radical (unpaired) electrons. The topological polar surface area (TPSA) is 0 Å². The van der Waals surface area contributed by atoms with Gasteiger partial charge in [0.2, 0.25) is 0 Å². The van der Waals surface area contributed by atoms with Crippen molar-refractivity contribution in [1.82, 2.24) is 0 Å². The van der Waals surface area contributed by atoms with Crippen LogP contribution in [0.2, 0.25) is 0 Å². The van der Waals surface area contributed by atoms with Gasteiger partial charge in [0.05, 0.1) is 3.94 Å². The zero-order valence-corrected chi connectivity index (χ0v) is 9.44. The van der Waals surface area contributed by atoms with Gasteiger partial charge in [0.25, 0.3) is 0 Å². The minimum Gasteiger partial charge on any atom is -0.181 e. The Kier molecular flexibility index (Phi) is 16.4. The molecule has 0 aliphatic rings. The number of hydrogen-bond acceptors (Lipinski definition) is 0. The summed E-state index contributed by atoms with van der Waals surface area (Å²) in [4.78, 5) is 0. The normalized spacial score (nSPS) is 10.0. The van der Waals surface area contributed by atoms with E-state index in [4.69, 9.17) is 34.3 Å². The molecule has 5 heteroatoms. The summed E-state index contributed by atoms with van der Waals surface area (Å²) in [6.45, 7) is 0. The molecule has 0 nitrogen and oxygen atoms in total. The van der Waals surface area contributed by atoms with Crippen molar-refractivity contribution < 1.29 is 0 Å². The number of hydrogen-bond donors (Lipinski definition) is 0. The Balaban J connectivity index is 0. The highest BCUT2D eigenvalue weighted by Gasteiger charge is 1.69. The molecule has 0 N–H and O–H groups in total. The summed E-state index contributed by atoms with van der Waals surface area (Å²) < 4.78 is 0.430. The molecule has 0 saturated heterocycles. The maximum absolute atomic E-state index is 5.11. The SMILES string of the molecule is ClC=C(Cl)Br.[SiH3]Cl. The Hall–Kier alpha value is 1.31. The fourth-order valence-electron chi connectivity index (χ4n) is 0. The van der Waals surface area contributed by atoms with Gasteiger partial charge in [0.1, 0.15) is 9.55 Å². The van der Waals surface area contributed by atoms with Gasteiger partial charge in [-0.3, -0.25) is 0 Å². The van der Waals surface area contributed by atoms with Crippen LogP contribution in [0.5, 0.6) is 0 Å². The van der Waals surface area contributed by atoms with Crippen molar-refractivity contribution in [3.8, 4) is 0 Å². The summed E-state index contributed by atoms with van der Waals surface area (Å²) in [6, 6.07) is 0. The Morgan fingerprint density at radius 3 is 1.71 bits per heavy atom. The van der Waals surface area contributed by atoms with Crippen LogP contribution in [-0.4, -0.2) is 9.55 Å². The lowest BCUT2D eigenvalue weighted by atomic mass is 11.3. The maximum atomic E-state index is 5.11. The molecule has 0 unspecified atom stereocenters. The van der Waals surface area contributed by atoms with E-state index < -0.39 is 0 Å². The third-order valence-electron chi connectivity index (χ3n) is 0.0825. The predicted octanol–water partition coefficient (Wildman–Crippen LogP) is 2.16. The van der Waals surface area contributed by atoms with E-state index in [2.05, 4.69) is 15.9 Å². The van der Waals surface area contributed by atoms with E-state index in [9.17, 15) is 0 Å². The van der Waals surface area contributed by atoms with Crippen molar-refractivity contribution in [2.24, 2.45) is 0 Å². The van der Waals surface area contributed by atoms with Gasteiger partial charge < -0.3 is 0 Å². The molecule has 0 aromatic carbocycles. The molecule has 0 aliphatic heterocycles. The summed E-state index contributed by atoms with van der Waals surface area (Å²) in [5.41, 5.74) is 1.24. The smallest absolute Gasteiger partial charge is 0.109 e. The Morgan fingerprint density at radius 1 is 1.57 bits per heavy atom. The van der Waals surface area contributed by atoms with Crippen molar-refractivity contribution in [3.63, 3.8) is 0 Å². The standard InChI is InChI=1S/C2HBrCl2.ClH3Si/c3-2(5)1-4;1-2/h1H;2H3. The molecule has 0 fully saturated rings. The van der Waals surface area contributed by atoms with E-state index in [0.717, 1.165) is 9.55 Å². The van der Waals surface area contributed by atoms with Crippen LogP contribution in [0.3, 0.4) is 0 Å². The van der Waals surface area contributed by atoms with Gasteiger partial charge in [0.15, 0.2) is 0 Å². The lowest BCUT2D eigenvalue weighted by molar-refractivity contribution is 2.43. The molecule has 44 valence electrons. The van der Waals surface area contributed by atoms with Gasteiger partial charge in [-0.05, 0) is 15.9 Å². The van der Waals surface area contributed by atoms with Crippen molar-refractivity contribution >= 4 is 59.8 Å². The highest BCUT2D eigenvalue weighted by molar-refractivity contribution is 9.12. The van der Waals surface area contributed by atoms with E-state index in [1.165, 1.54) is 5.54 Å². The van der Waals surface area contributed by atoms with Crippen LogP contribution in [0, 0.1) is 0 Å². The summed E-state index contributed by atoms with van der Waals surface area (Å²) in [5, 5.41) is 0. The average molecular weight is 242 g/mol. The first-order valence-electron chi connectivity index (χ1n) is 1.26. The highest BCUT2D eigenvalue weighted by Crippen LogP contribution is 2.09. The molecular formula is C2H4BrCl3Si. The van der Waals surface area contributed by atoms with Gasteiger partial charge >= 0.3 is 0 Å². The molecule has 7 heavy (non-hydrogen) atoms. The van der Waals surface area contributed by atoms with E-state index in [-0.39, 0.29) is 0 Å². The van der Waals surface area contributed by atoms with Crippen molar-refractivity contribution in [2.45, 2.75) is 0 Å². The summed E-state index contributed by atoms with van der Waals surface area (Å²) >= 11 is 17.7. The molecule has 0 spiro atoms. The maximum Gasteiger partial charge on any atom is 0.109 e. The van der Waals surface area contributed by atoms with Crippen LogP contribution in [0.15, 0.2) is 9.48 Å². The highest BCUT2D eigenvalue weighted by atomic mass is 79.9. The number of halogens is 4. The van der Waals surface area contributed by atoms with E-state index in [0.29, 0.717) is 3.94 Å². The second-order valence-corrected chi connectivity index (χ2v) is 2.34. The van der Waals surface area contributed by atoms with Crippen LogP contribution in [0.25, 0.3) is 0 Å². The number of rotatable bonds is 0. The Labute approximate surface area is 69.1 Å². The zero-order valence-electron chi connectivity index (χ0n) is 3.59. The fraction of sp³-hybridized carbons (Fsp3) is 0. The molecule has 0 saturated carbocycles. The monoisotopic (exact) mass is 240 g/mol. The summed E-state index contributed by atoms with van der Waals surface area (Å²) in [5.74, 6) is 0. The van der Waals surface area contributed by atoms with Crippen molar-refractivity contribution in [1.29, 1.82) is 0 Å². The predicted molar refractivity (Wildman–Crippen MR) is 44.5 cm³/mol. The van der Waals surface area contributed by atoms with Gasteiger partial charge in [-0.25, -0.2) is 0 Å².